The molecule has 94 valence electrons. The van der Waals surface area contributed by atoms with Gasteiger partial charge in [0, 0.05) is 21.4 Å². The number of fused-ring (bicyclic) bond motifs is 3. The molecule has 2 atom stereocenters. The van der Waals surface area contributed by atoms with Crippen molar-refractivity contribution in [2.75, 3.05) is 6.54 Å². The third-order valence-corrected chi connectivity index (χ3v) is 3.82. The Morgan fingerprint density at radius 2 is 2.00 bits per heavy atom. The number of hydrogen-bond acceptors (Lipinski definition) is 2. The summed E-state index contributed by atoms with van der Waals surface area (Å²) in [5.41, 5.74) is 1.17. The van der Waals surface area contributed by atoms with Crippen LogP contribution in [0.15, 0.2) is 30.3 Å². The van der Waals surface area contributed by atoms with Crippen LogP contribution in [0.1, 0.15) is 25.5 Å². The van der Waals surface area contributed by atoms with Gasteiger partial charge in [-0.15, -0.1) is 0 Å². The van der Waals surface area contributed by atoms with Crippen LogP contribution in [-0.4, -0.2) is 12.6 Å². The van der Waals surface area contributed by atoms with Crippen LogP contribution in [0.4, 0.5) is 0 Å². The molecule has 0 fully saturated rings. The first-order valence-corrected chi connectivity index (χ1v) is 6.71. The maximum Gasteiger partial charge on any atom is 0.132 e. The highest BCUT2D eigenvalue weighted by Crippen LogP contribution is 2.44. The number of nitrogens with one attached hydrogen (secondary N) is 1. The maximum absolute atomic E-state index is 6.37. The van der Waals surface area contributed by atoms with Crippen LogP contribution in [0, 0.1) is 0 Å². The SMILES string of the molecule is CCNC1c2cc(Cl)c3ccccc3c2OC1C. The largest absolute Gasteiger partial charge is 0.488 e. The fourth-order valence-corrected chi connectivity index (χ4v) is 2.97. The van der Waals surface area contributed by atoms with E-state index in [4.69, 9.17) is 16.3 Å². The Morgan fingerprint density at radius 3 is 2.72 bits per heavy atom. The molecule has 0 aliphatic carbocycles. The van der Waals surface area contributed by atoms with Gasteiger partial charge in [0.2, 0.25) is 0 Å². The molecule has 0 spiro atoms. The Morgan fingerprint density at radius 1 is 1.28 bits per heavy atom. The van der Waals surface area contributed by atoms with E-state index in [-0.39, 0.29) is 12.1 Å². The van der Waals surface area contributed by atoms with Gasteiger partial charge in [0.1, 0.15) is 11.9 Å². The molecule has 2 aromatic rings. The van der Waals surface area contributed by atoms with Crippen molar-refractivity contribution < 1.29 is 4.74 Å². The Balaban J connectivity index is 2.23. The van der Waals surface area contributed by atoms with E-state index >= 15 is 0 Å². The topological polar surface area (TPSA) is 21.3 Å². The van der Waals surface area contributed by atoms with Crippen LogP contribution >= 0.6 is 11.6 Å². The Kier molecular flexibility index (Phi) is 2.92. The summed E-state index contributed by atoms with van der Waals surface area (Å²) in [6.07, 6.45) is 0.141. The number of halogens is 1. The minimum atomic E-state index is 0.141. The molecule has 2 aromatic carbocycles. The summed E-state index contributed by atoms with van der Waals surface area (Å²) in [6, 6.07) is 10.4. The second-order valence-electron chi connectivity index (χ2n) is 4.68. The third-order valence-electron chi connectivity index (χ3n) is 3.51. The predicted octanol–water partition coefficient (Wildman–Crippen LogP) is 3.92. The van der Waals surface area contributed by atoms with E-state index in [1.54, 1.807) is 0 Å². The molecule has 0 saturated carbocycles. The first-order valence-electron chi connectivity index (χ1n) is 6.33. The highest BCUT2D eigenvalue weighted by molar-refractivity contribution is 6.36. The number of rotatable bonds is 2. The third kappa shape index (κ3) is 1.68. The van der Waals surface area contributed by atoms with Crippen molar-refractivity contribution in [2.45, 2.75) is 26.0 Å². The molecule has 1 aliphatic heterocycles. The summed E-state index contributed by atoms with van der Waals surface area (Å²) in [7, 11) is 0. The summed E-state index contributed by atoms with van der Waals surface area (Å²) < 4.78 is 6.02. The fourth-order valence-electron chi connectivity index (χ4n) is 2.69. The maximum atomic E-state index is 6.37. The average Bonchev–Trinajstić information content (AvgIpc) is 2.68. The van der Waals surface area contributed by atoms with Crippen LogP contribution in [0.5, 0.6) is 5.75 Å². The lowest BCUT2D eigenvalue weighted by atomic mass is 10.00. The van der Waals surface area contributed by atoms with Crippen LogP contribution in [0.25, 0.3) is 10.8 Å². The van der Waals surface area contributed by atoms with Crippen molar-refractivity contribution in [3.63, 3.8) is 0 Å². The highest BCUT2D eigenvalue weighted by Gasteiger charge is 2.32. The highest BCUT2D eigenvalue weighted by atomic mass is 35.5. The molecular weight excluding hydrogens is 246 g/mol. The van der Waals surface area contributed by atoms with E-state index in [9.17, 15) is 0 Å². The molecule has 1 N–H and O–H groups in total. The van der Waals surface area contributed by atoms with Gasteiger partial charge in [-0.1, -0.05) is 42.8 Å². The van der Waals surface area contributed by atoms with Crippen molar-refractivity contribution in [3.05, 3.63) is 40.9 Å². The summed E-state index contributed by atoms with van der Waals surface area (Å²) in [5.74, 6) is 0.980. The van der Waals surface area contributed by atoms with Gasteiger partial charge < -0.3 is 10.1 Å². The molecule has 3 heteroatoms. The standard InChI is InChI=1S/C15H16ClNO/c1-3-17-14-9(2)18-15-11-7-5-4-6-10(11)13(16)8-12(14)15/h4-9,14,17H,3H2,1-2H3. The van der Waals surface area contributed by atoms with Crippen molar-refractivity contribution in [3.8, 4) is 5.75 Å². The molecule has 1 heterocycles. The van der Waals surface area contributed by atoms with Gasteiger partial charge >= 0.3 is 0 Å². The normalized spacial score (nSPS) is 21.9. The van der Waals surface area contributed by atoms with Crippen LogP contribution in [0.2, 0.25) is 5.02 Å². The van der Waals surface area contributed by atoms with Gasteiger partial charge in [0.15, 0.2) is 0 Å². The first-order chi connectivity index (χ1) is 8.72. The molecule has 0 bridgehead atoms. The van der Waals surface area contributed by atoms with Gasteiger partial charge in [-0.3, -0.25) is 0 Å². The summed E-state index contributed by atoms with van der Waals surface area (Å²) in [4.78, 5) is 0. The zero-order valence-corrected chi connectivity index (χ0v) is 11.3. The monoisotopic (exact) mass is 261 g/mol. The van der Waals surface area contributed by atoms with Crippen LogP contribution < -0.4 is 10.1 Å². The van der Waals surface area contributed by atoms with Gasteiger partial charge in [0.25, 0.3) is 0 Å². The van der Waals surface area contributed by atoms with Crippen molar-refractivity contribution in [2.24, 2.45) is 0 Å². The van der Waals surface area contributed by atoms with Gasteiger partial charge in [-0.2, -0.15) is 0 Å². The van der Waals surface area contributed by atoms with Gasteiger partial charge in [0.05, 0.1) is 6.04 Å². The van der Waals surface area contributed by atoms with Gasteiger partial charge in [-0.25, -0.2) is 0 Å². The second kappa shape index (κ2) is 4.45. The number of likely N-dealkylation sites (N-methyl/N-ethyl adjacent to an activating group) is 1. The van der Waals surface area contributed by atoms with Crippen molar-refractivity contribution >= 4 is 22.4 Å². The molecule has 0 saturated heterocycles. The van der Waals surface area contributed by atoms with E-state index in [1.807, 2.05) is 24.3 Å². The molecule has 2 unspecified atom stereocenters. The zero-order valence-electron chi connectivity index (χ0n) is 10.5. The van der Waals surface area contributed by atoms with E-state index in [2.05, 4.69) is 25.2 Å². The predicted molar refractivity (Wildman–Crippen MR) is 75.5 cm³/mol. The molecule has 0 aromatic heterocycles. The molecule has 3 rings (SSSR count). The van der Waals surface area contributed by atoms with E-state index in [0.717, 1.165) is 28.1 Å². The van der Waals surface area contributed by atoms with Crippen molar-refractivity contribution in [1.29, 1.82) is 0 Å². The lowest BCUT2D eigenvalue weighted by Crippen LogP contribution is -2.28. The second-order valence-corrected chi connectivity index (χ2v) is 5.09. The smallest absolute Gasteiger partial charge is 0.132 e. The molecule has 1 aliphatic rings. The van der Waals surface area contributed by atoms with Gasteiger partial charge in [-0.05, 0) is 19.5 Å². The lowest BCUT2D eigenvalue weighted by Gasteiger charge is -2.15. The number of benzene rings is 2. The molecule has 18 heavy (non-hydrogen) atoms. The summed E-state index contributed by atoms with van der Waals surface area (Å²) >= 11 is 6.37. The molecule has 0 radical (unpaired) electrons. The Hall–Kier alpha value is -1.25. The minimum absolute atomic E-state index is 0.141. The zero-order chi connectivity index (χ0) is 12.7. The quantitative estimate of drug-likeness (QED) is 0.885. The Bertz CT molecular complexity index is 596. The molecule has 0 amide bonds. The average molecular weight is 262 g/mol. The van der Waals surface area contributed by atoms with E-state index in [0.29, 0.717) is 0 Å². The van der Waals surface area contributed by atoms with E-state index < -0.39 is 0 Å². The number of ether oxygens (including phenoxy) is 1. The fraction of sp³-hybridized carbons (Fsp3) is 0.333. The molecular formula is C15H16ClNO. The van der Waals surface area contributed by atoms with Crippen molar-refractivity contribution in [1.82, 2.24) is 5.32 Å². The molecule has 2 nitrogen and oxygen atoms in total. The van der Waals surface area contributed by atoms with E-state index in [1.165, 1.54) is 5.56 Å². The first kappa shape index (κ1) is 11.8. The minimum Gasteiger partial charge on any atom is -0.488 e. The van der Waals surface area contributed by atoms with Crippen LogP contribution in [-0.2, 0) is 0 Å². The number of hydrogen-bond donors (Lipinski definition) is 1. The summed E-state index contributed by atoms with van der Waals surface area (Å²) in [5, 5.41) is 6.42. The van der Waals surface area contributed by atoms with Crippen LogP contribution in [0.3, 0.4) is 0 Å². The lowest BCUT2D eigenvalue weighted by molar-refractivity contribution is 0.213. The summed E-state index contributed by atoms with van der Waals surface area (Å²) in [6.45, 7) is 5.12. The Labute approximate surface area is 112 Å².